The lowest BCUT2D eigenvalue weighted by atomic mass is 9.97. The van der Waals surface area contributed by atoms with Gasteiger partial charge in [0, 0.05) is 17.8 Å². The van der Waals surface area contributed by atoms with E-state index in [1.807, 2.05) is 0 Å². The molecule has 140 valence electrons. The molecule has 0 fully saturated rings. The number of carbonyl (C=O) groups is 2. The monoisotopic (exact) mass is 364 g/mol. The molecule has 1 aromatic carbocycles. The summed E-state index contributed by atoms with van der Waals surface area (Å²) >= 11 is 0. The van der Waals surface area contributed by atoms with Gasteiger partial charge >= 0.3 is 0 Å². The Balaban J connectivity index is 1.53. The lowest BCUT2D eigenvalue weighted by Gasteiger charge is -2.13. The topological polar surface area (TPSA) is 84.0 Å². The predicted octanol–water partition coefficient (Wildman–Crippen LogP) is 4.23. The number of nitrogens with one attached hydrogen (secondary N) is 2. The largest absolute Gasteiger partial charge is 0.368 e. The van der Waals surface area contributed by atoms with E-state index < -0.39 is 0 Å². The van der Waals surface area contributed by atoms with Crippen LogP contribution >= 0.6 is 0 Å². The van der Waals surface area contributed by atoms with Crippen LogP contribution < -0.4 is 10.6 Å². The maximum Gasteiger partial charge on any atom is 0.275 e. The van der Waals surface area contributed by atoms with E-state index in [9.17, 15) is 9.59 Å². The number of nitrogens with zero attached hydrogens (tertiary/aromatic N) is 2. The van der Waals surface area contributed by atoms with E-state index in [4.69, 9.17) is 0 Å². The van der Waals surface area contributed by atoms with Crippen LogP contribution in [0, 0.1) is 0 Å². The van der Waals surface area contributed by atoms with Gasteiger partial charge in [0.15, 0.2) is 5.78 Å². The summed E-state index contributed by atoms with van der Waals surface area (Å²) in [4.78, 5) is 32.2. The third-order valence-electron chi connectivity index (χ3n) is 4.55. The first-order valence-electron chi connectivity index (χ1n) is 9.28. The van der Waals surface area contributed by atoms with E-state index in [0.717, 1.165) is 13.0 Å². The Morgan fingerprint density at radius 2 is 2.04 bits per heavy atom. The number of hydrogen-bond acceptors (Lipinski definition) is 5. The Morgan fingerprint density at radius 3 is 2.74 bits per heavy atom. The quantitative estimate of drug-likeness (QED) is 0.567. The van der Waals surface area contributed by atoms with Gasteiger partial charge in [-0.05, 0) is 51.2 Å². The lowest BCUT2D eigenvalue weighted by Crippen LogP contribution is -2.15. The number of hydrogen-bond donors (Lipinski definition) is 2. The van der Waals surface area contributed by atoms with Gasteiger partial charge in [-0.2, -0.15) is 0 Å². The maximum absolute atomic E-state index is 12.3. The normalized spacial score (nSPS) is 13.6. The fraction of sp³-hybridized carbons (Fsp3) is 0.333. The standard InChI is InChI=1S/C21H24N4O2/c1-15(26)17-8-5-9-18(12-17)25-21(27)19-13-24-20(14-23-19)22-11-10-16-6-3-2-4-7-16/h5-6,8-9,12-14H,2-4,7,10-11H2,1H3,(H,22,24)(H,25,27). The van der Waals surface area contributed by atoms with E-state index in [1.165, 1.54) is 44.4 Å². The highest BCUT2D eigenvalue weighted by atomic mass is 16.2. The zero-order chi connectivity index (χ0) is 19.1. The van der Waals surface area contributed by atoms with Crippen molar-refractivity contribution >= 4 is 23.2 Å². The molecule has 0 saturated carbocycles. The van der Waals surface area contributed by atoms with Crippen molar-refractivity contribution in [3.8, 4) is 0 Å². The maximum atomic E-state index is 12.3. The number of allylic oxidation sites excluding steroid dienone is 1. The molecular formula is C21H24N4O2. The fourth-order valence-corrected chi connectivity index (χ4v) is 3.03. The van der Waals surface area contributed by atoms with E-state index in [-0.39, 0.29) is 17.4 Å². The molecule has 0 radical (unpaired) electrons. The van der Waals surface area contributed by atoms with E-state index in [0.29, 0.717) is 17.1 Å². The van der Waals surface area contributed by atoms with Gasteiger partial charge in [-0.1, -0.05) is 23.8 Å². The Hall–Kier alpha value is -3.02. The molecule has 27 heavy (non-hydrogen) atoms. The van der Waals surface area contributed by atoms with Crippen molar-refractivity contribution in [2.24, 2.45) is 0 Å². The summed E-state index contributed by atoms with van der Waals surface area (Å²) in [5.74, 6) is 0.244. The Kier molecular flexibility index (Phi) is 6.30. The van der Waals surface area contributed by atoms with Crippen molar-refractivity contribution in [2.75, 3.05) is 17.2 Å². The average Bonchev–Trinajstić information content (AvgIpc) is 2.69. The molecule has 0 unspecified atom stereocenters. The summed E-state index contributed by atoms with van der Waals surface area (Å²) in [7, 11) is 0. The van der Waals surface area contributed by atoms with E-state index >= 15 is 0 Å². The molecular weight excluding hydrogens is 340 g/mol. The number of rotatable bonds is 7. The van der Waals surface area contributed by atoms with Gasteiger partial charge in [0.25, 0.3) is 5.91 Å². The van der Waals surface area contributed by atoms with Crippen molar-refractivity contribution in [3.63, 3.8) is 0 Å². The summed E-state index contributed by atoms with van der Waals surface area (Å²) in [6.07, 6.45) is 11.3. The van der Waals surface area contributed by atoms with Crippen LogP contribution in [0.1, 0.15) is 59.9 Å². The van der Waals surface area contributed by atoms with E-state index in [2.05, 4.69) is 26.7 Å². The third kappa shape index (κ3) is 5.48. The first-order valence-corrected chi connectivity index (χ1v) is 9.28. The third-order valence-corrected chi connectivity index (χ3v) is 4.55. The zero-order valence-corrected chi connectivity index (χ0v) is 15.5. The van der Waals surface area contributed by atoms with Crippen LogP contribution in [-0.4, -0.2) is 28.2 Å². The first-order chi connectivity index (χ1) is 13.1. The van der Waals surface area contributed by atoms with Gasteiger partial charge in [-0.3, -0.25) is 9.59 Å². The smallest absolute Gasteiger partial charge is 0.275 e. The predicted molar refractivity (Wildman–Crippen MR) is 106 cm³/mol. The van der Waals surface area contributed by atoms with Crippen LogP contribution in [0.2, 0.25) is 0 Å². The second kappa shape index (κ2) is 9.07. The summed E-state index contributed by atoms with van der Waals surface area (Å²) in [5.41, 5.74) is 2.83. The van der Waals surface area contributed by atoms with Crippen molar-refractivity contribution in [1.82, 2.24) is 9.97 Å². The number of amides is 1. The van der Waals surface area contributed by atoms with Crippen LogP contribution in [-0.2, 0) is 0 Å². The molecule has 2 aromatic rings. The van der Waals surface area contributed by atoms with Crippen molar-refractivity contribution in [2.45, 2.75) is 39.0 Å². The Bertz CT molecular complexity index is 844. The van der Waals surface area contributed by atoms with Crippen LogP contribution in [0.15, 0.2) is 48.3 Å². The number of carbonyl (C=O) groups excluding carboxylic acids is 2. The second-order valence-corrected chi connectivity index (χ2v) is 6.66. The van der Waals surface area contributed by atoms with Crippen LogP contribution in [0.4, 0.5) is 11.5 Å². The van der Waals surface area contributed by atoms with Crippen molar-refractivity contribution in [1.29, 1.82) is 0 Å². The molecule has 1 aliphatic rings. The highest BCUT2D eigenvalue weighted by Crippen LogP contribution is 2.20. The Morgan fingerprint density at radius 1 is 1.15 bits per heavy atom. The fourth-order valence-electron chi connectivity index (χ4n) is 3.03. The van der Waals surface area contributed by atoms with E-state index in [1.54, 1.807) is 30.5 Å². The molecule has 0 spiro atoms. The SMILES string of the molecule is CC(=O)c1cccc(NC(=O)c2cnc(NCCC3=CCCCC3)cn2)c1. The Labute approximate surface area is 159 Å². The van der Waals surface area contributed by atoms with Gasteiger partial charge in [0.2, 0.25) is 0 Å². The molecule has 0 saturated heterocycles. The molecule has 1 heterocycles. The van der Waals surface area contributed by atoms with Crippen molar-refractivity contribution in [3.05, 3.63) is 59.6 Å². The molecule has 0 aliphatic heterocycles. The lowest BCUT2D eigenvalue weighted by molar-refractivity contribution is 0.100. The molecule has 0 atom stereocenters. The summed E-state index contributed by atoms with van der Waals surface area (Å²) in [5, 5.41) is 5.98. The molecule has 6 heteroatoms. The number of Topliss-reactive ketones (excluding diaryl/α,β-unsaturated/α-hetero) is 1. The molecule has 1 amide bonds. The number of anilines is 2. The summed E-state index contributed by atoms with van der Waals surface area (Å²) in [6.45, 7) is 2.30. The summed E-state index contributed by atoms with van der Waals surface area (Å²) in [6, 6.07) is 6.81. The molecule has 1 aliphatic carbocycles. The second-order valence-electron chi connectivity index (χ2n) is 6.66. The van der Waals surface area contributed by atoms with Gasteiger partial charge < -0.3 is 10.6 Å². The highest BCUT2D eigenvalue weighted by Gasteiger charge is 2.10. The minimum atomic E-state index is -0.359. The minimum Gasteiger partial charge on any atom is -0.368 e. The first kappa shape index (κ1) is 18.8. The number of benzene rings is 1. The van der Waals surface area contributed by atoms with Gasteiger partial charge in [0.1, 0.15) is 11.5 Å². The van der Waals surface area contributed by atoms with Gasteiger partial charge in [-0.15, -0.1) is 0 Å². The highest BCUT2D eigenvalue weighted by molar-refractivity contribution is 6.03. The zero-order valence-electron chi connectivity index (χ0n) is 15.5. The van der Waals surface area contributed by atoms with Crippen LogP contribution in [0.5, 0.6) is 0 Å². The average molecular weight is 364 g/mol. The van der Waals surface area contributed by atoms with Crippen LogP contribution in [0.25, 0.3) is 0 Å². The number of aromatic nitrogens is 2. The molecule has 6 nitrogen and oxygen atoms in total. The number of ketones is 1. The minimum absolute atomic E-state index is 0.0506. The molecule has 3 rings (SSSR count). The summed E-state index contributed by atoms with van der Waals surface area (Å²) < 4.78 is 0. The molecule has 2 N–H and O–H groups in total. The van der Waals surface area contributed by atoms with Gasteiger partial charge in [0.05, 0.1) is 12.4 Å². The molecule has 1 aromatic heterocycles. The van der Waals surface area contributed by atoms with Crippen LogP contribution in [0.3, 0.4) is 0 Å². The van der Waals surface area contributed by atoms with Crippen molar-refractivity contribution < 1.29 is 9.59 Å². The molecule has 0 bridgehead atoms. The van der Waals surface area contributed by atoms with Gasteiger partial charge in [-0.25, -0.2) is 9.97 Å².